The molecule has 1 aromatic heterocycles. The Kier molecular flexibility index (Phi) is 4.68. The number of rotatable bonds is 4. The molecular formula is C17H25N3O3. The zero-order valence-electron chi connectivity index (χ0n) is 14.0. The maximum atomic E-state index is 12.7. The van der Waals surface area contributed by atoms with Crippen LogP contribution < -0.4 is 0 Å². The summed E-state index contributed by atoms with van der Waals surface area (Å²) in [5.74, 6) is 0.907. The molecule has 0 aromatic carbocycles. The molecule has 0 N–H and O–H groups in total. The molecule has 1 aliphatic heterocycles. The standard InChI is InChI=1S/C17H25N3O3/c1-12-9-15(23-18-12)11-19(2)17(22)13-7-8-16(21)20(10-13)14-5-3-4-6-14/h9,13-14H,3-8,10-11H2,1-2H3. The van der Waals surface area contributed by atoms with Crippen molar-refractivity contribution in [1.29, 1.82) is 0 Å². The van der Waals surface area contributed by atoms with Gasteiger partial charge in [-0.1, -0.05) is 18.0 Å². The van der Waals surface area contributed by atoms with Gasteiger partial charge in [0.2, 0.25) is 11.8 Å². The van der Waals surface area contributed by atoms with E-state index < -0.39 is 0 Å². The first-order valence-electron chi connectivity index (χ1n) is 8.51. The normalized spacial score (nSPS) is 22.6. The van der Waals surface area contributed by atoms with Crippen molar-refractivity contribution in [2.24, 2.45) is 5.92 Å². The summed E-state index contributed by atoms with van der Waals surface area (Å²) in [7, 11) is 1.79. The van der Waals surface area contributed by atoms with Crippen LogP contribution in [0.15, 0.2) is 10.6 Å². The fraction of sp³-hybridized carbons (Fsp3) is 0.706. The predicted molar refractivity (Wildman–Crippen MR) is 84.4 cm³/mol. The lowest BCUT2D eigenvalue weighted by Crippen LogP contribution is -2.49. The molecule has 1 saturated heterocycles. The second-order valence-electron chi connectivity index (χ2n) is 6.85. The lowest BCUT2D eigenvalue weighted by atomic mass is 9.94. The van der Waals surface area contributed by atoms with E-state index in [1.54, 1.807) is 11.9 Å². The van der Waals surface area contributed by atoms with Crippen molar-refractivity contribution in [3.63, 3.8) is 0 Å². The Hall–Kier alpha value is -1.85. The maximum Gasteiger partial charge on any atom is 0.227 e. The summed E-state index contributed by atoms with van der Waals surface area (Å²) in [5, 5.41) is 3.85. The molecule has 6 heteroatoms. The number of likely N-dealkylation sites (tertiary alicyclic amines) is 1. The number of carbonyl (C=O) groups excluding carboxylic acids is 2. The highest BCUT2D eigenvalue weighted by molar-refractivity contribution is 5.84. The molecule has 2 amide bonds. The van der Waals surface area contributed by atoms with Crippen molar-refractivity contribution in [1.82, 2.24) is 15.0 Å². The molecular weight excluding hydrogens is 294 g/mol. The number of hydrogen-bond donors (Lipinski definition) is 0. The topological polar surface area (TPSA) is 66.7 Å². The molecule has 0 spiro atoms. The van der Waals surface area contributed by atoms with Gasteiger partial charge >= 0.3 is 0 Å². The minimum Gasteiger partial charge on any atom is -0.359 e. The van der Waals surface area contributed by atoms with Crippen LogP contribution in [0.25, 0.3) is 0 Å². The van der Waals surface area contributed by atoms with Crippen molar-refractivity contribution >= 4 is 11.8 Å². The predicted octanol–water partition coefficient (Wildman–Crippen LogP) is 2.12. The molecule has 1 aromatic rings. The fourth-order valence-electron chi connectivity index (χ4n) is 3.76. The number of aryl methyl sites for hydroxylation is 1. The van der Waals surface area contributed by atoms with E-state index in [9.17, 15) is 9.59 Å². The van der Waals surface area contributed by atoms with Crippen LogP contribution in [0.5, 0.6) is 0 Å². The summed E-state index contributed by atoms with van der Waals surface area (Å²) in [6, 6.07) is 2.19. The molecule has 1 unspecified atom stereocenters. The minimum absolute atomic E-state index is 0.0922. The highest BCUT2D eigenvalue weighted by atomic mass is 16.5. The highest BCUT2D eigenvalue weighted by Gasteiger charge is 2.36. The van der Waals surface area contributed by atoms with Crippen LogP contribution in [-0.2, 0) is 16.1 Å². The molecule has 0 radical (unpaired) electrons. The Morgan fingerprint density at radius 1 is 1.39 bits per heavy atom. The van der Waals surface area contributed by atoms with Gasteiger partial charge in [-0.15, -0.1) is 0 Å². The zero-order valence-corrected chi connectivity index (χ0v) is 14.0. The smallest absolute Gasteiger partial charge is 0.227 e. The van der Waals surface area contributed by atoms with E-state index in [1.807, 2.05) is 17.9 Å². The summed E-state index contributed by atoms with van der Waals surface area (Å²) < 4.78 is 5.18. The summed E-state index contributed by atoms with van der Waals surface area (Å²) >= 11 is 0. The number of aromatic nitrogens is 1. The van der Waals surface area contributed by atoms with E-state index in [1.165, 1.54) is 12.8 Å². The molecule has 1 aliphatic carbocycles. The van der Waals surface area contributed by atoms with Crippen molar-refractivity contribution in [2.45, 2.75) is 58.0 Å². The van der Waals surface area contributed by atoms with E-state index >= 15 is 0 Å². The highest BCUT2D eigenvalue weighted by Crippen LogP contribution is 2.29. The number of piperidine rings is 1. The number of carbonyl (C=O) groups is 2. The Morgan fingerprint density at radius 2 is 2.13 bits per heavy atom. The van der Waals surface area contributed by atoms with E-state index in [0.29, 0.717) is 37.7 Å². The first-order chi connectivity index (χ1) is 11.0. The van der Waals surface area contributed by atoms with Crippen LogP contribution in [0.1, 0.15) is 50.0 Å². The van der Waals surface area contributed by atoms with Crippen molar-refractivity contribution in [2.75, 3.05) is 13.6 Å². The van der Waals surface area contributed by atoms with Gasteiger partial charge in [0.1, 0.15) is 0 Å². The van der Waals surface area contributed by atoms with Crippen LogP contribution in [0, 0.1) is 12.8 Å². The average molecular weight is 319 g/mol. The third kappa shape index (κ3) is 3.57. The van der Waals surface area contributed by atoms with Gasteiger partial charge in [0, 0.05) is 32.1 Å². The van der Waals surface area contributed by atoms with E-state index in [-0.39, 0.29) is 17.7 Å². The summed E-state index contributed by atoms with van der Waals surface area (Å²) in [6.07, 6.45) is 5.69. The van der Waals surface area contributed by atoms with Gasteiger partial charge < -0.3 is 14.3 Å². The summed E-state index contributed by atoms with van der Waals surface area (Å²) in [5.41, 5.74) is 0.816. The zero-order chi connectivity index (χ0) is 16.4. The van der Waals surface area contributed by atoms with Crippen LogP contribution in [-0.4, -0.2) is 46.4 Å². The lowest BCUT2D eigenvalue weighted by Gasteiger charge is -2.37. The van der Waals surface area contributed by atoms with Crippen LogP contribution in [0.2, 0.25) is 0 Å². The second kappa shape index (κ2) is 6.72. The van der Waals surface area contributed by atoms with E-state index in [0.717, 1.165) is 18.5 Å². The van der Waals surface area contributed by atoms with Crippen LogP contribution in [0.4, 0.5) is 0 Å². The first kappa shape index (κ1) is 16.0. The van der Waals surface area contributed by atoms with Gasteiger partial charge in [-0.25, -0.2) is 0 Å². The number of nitrogens with zero attached hydrogens (tertiary/aromatic N) is 3. The quantitative estimate of drug-likeness (QED) is 0.852. The van der Waals surface area contributed by atoms with Crippen molar-refractivity contribution in [3.8, 4) is 0 Å². The first-order valence-corrected chi connectivity index (χ1v) is 8.51. The van der Waals surface area contributed by atoms with Crippen molar-refractivity contribution < 1.29 is 14.1 Å². The number of amides is 2. The number of hydrogen-bond acceptors (Lipinski definition) is 4. The molecule has 3 rings (SSSR count). The Morgan fingerprint density at radius 3 is 2.78 bits per heavy atom. The molecule has 6 nitrogen and oxygen atoms in total. The maximum absolute atomic E-state index is 12.7. The monoisotopic (exact) mass is 319 g/mol. The molecule has 0 bridgehead atoms. The third-order valence-electron chi connectivity index (χ3n) is 5.00. The van der Waals surface area contributed by atoms with Gasteiger partial charge in [0.05, 0.1) is 18.2 Å². The molecule has 1 saturated carbocycles. The Labute approximate surface area is 136 Å². The van der Waals surface area contributed by atoms with Crippen molar-refractivity contribution in [3.05, 3.63) is 17.5 Å². The second-order valence-corrected chi connectivity index (χ2v) is 6.85. The van der Waals surface area contributed by atoms with Gasteiger partial charge in [-0.3, -0.25) is 9.59 Å². The molecule has 2 aliphatic rings. The summed E-state index contributed by atoms with van der Waals surface area (Å²) in [4.78, 5) is 28.5. The van der Waals surface area contributed by atoms with Gasteiger partial charge in [-0.2, -0.15) is 0 Å². The van der Waals surface area contributed by atoms with Gasteiger partial charge in [0.15, 0.2) is 5.76 Å². The van der Waals surface area contributed by atoms with Gasteiger partial charge in [0.25, 0.3) is 0 Å². The van der Waals surface area contributed by atoms with Crippen LogP contribution >= 0.6 is 0 Å². The molecule has 1 atom stereocenters. The Balaban J connectivity index is 1.60. The summed E-state index contributed by atoms with van der Waals surface area (Å²) in [6.45, 7) is 2.86. The van der Waals surface area contributed by atoms with E-state index in [2.05, 4.69) is 5.16 Å². The van der Waals surface area contributed by atoms with Crippen LogP contribution in [0.3, 0.4) is 0 Å². The largest absolute Gasteiger partial charge is 0.359 e. The van der Waals surface area contributed by atoms with E-state index in [4.69, 9.17) is 4.52 Å². The minimum atomic E-state index is -0.0951. The Bertz CT molecular complexity index is 577. The SMILES string of the molecule is Cc1cc(CN(C)C(=O)C2CCC(=O)N(C3CCCC3)C2)on1. The fourth-order valence-corrected chi connectivity index (χ4v) is 3.76. The third-order valence-corrected chi connectivity index (χ3v) is 5.00. The molecule has 23 heavy (non-hydrogen) atoms. The molecule has 126 valence electrons. The molecule has 2 fully saturated rings. The molecule has 2 heterocycles. The van der Waals surface area contributed by atoms with Gasteiger partial charge in [-0.05, 0) is 26.2 Å². The lowest BCUT2D eigenvalue weighted by molar-refractivity contribution is -0.144. The average Bonchev–Trinajstić information content (AvgIpc) is 3.19.